The molecule has 4 heterocycles. The molecule has 41 heavy (non-hydrogen) atoms. The minimum atomic E-state index is -1.20. The molecule has 1 unspecified atom stereocenters. The Morgan fingerprint density at radius 3 is 2.66 bits per heavy atom. The number of carboxylic acids is 1. The van der Waals surface area contributed by atoms with Gasteiger partial charge in [-0.15, -0.1) is 11.3 Å². The van der Waals surface area contributed by atoms with E-state index in [1.54, 1.807) is 4.90 Å². The lowest BCUT2D eigenvalue weighted by atomic mass is 9.93. The highest BCUT2D eigenvalue weighted by Crippen LogP contribution is 2.27. The Morgan fingerprint density at radius 1 is 1.24 bits per heavy atom. The Labute approximate surface area is 241 Å². The number of likely N-dealkylation sites (N-methyl/N-ethyl adjacent to an activating group) is 1. The second-order valence-corrected chi connectivity index (χ2v) is 12.2. The van der Waals surface area contributed by atoms with Crippen molar-refractivity contribution in [3.63, 3.8) is 0 Å². The maximum absolute atomic E-state index is 13.5. The fraction of sp³-hybridized carbons (Fsp3) is 0.429. The first kappa shape index (κ1) is 29.9. The molecule has 2 amide bonds. The van der Waals surface area contributed by atoms with Crippen LogP contribution in [0.1, 0.15) is 55.2 Å². The molecule has 3 aromatic heterocycles. The number of pyridine rings is 1. The van der Waals surface area contributed by atoms with Crippen LogP contribution >= 0.6 is 11.3 Å². The first-order valence-electron chi connectivity index (χ1n) is 13.3. The molecule has 218 valence electrons. The van der Waals surface area contributed by atoms with Gasteiger partial charge in [-0.25, -0.2) is 14.8 Å². The molecule has 12 nitrogen and oxygen atoms in total. The van der Waals surface area contributed by atoms with Gasteiger partial charge in [0.2, 0.25) is 5.91 Å². The van der Waals surface area contributed by atoms with E-state index in [1.807, 2.05) is 45.1 Å². The van der Waals surface area contributed by atoms with Gasteiger partial charge in [0.25, 0.3) is 11.5 Å². The van der Waals surface area contributed by atoms with Crippen LogP contribution in [0.3, 0.4) is 0 Å². The zero-order valence-corrected chi connectivity index (χ0v) is 24.6. The topological polar surface area (TPSA) is 149 Å². The number of nitrogens with one attached hydrogen (secondary N) is 2. The highest BCUT2D eigenvalue weighted by Gasteiger charge is 2.26. The Bertz CT molecular complexity index is 1550. The van der Waals surface area contributed by atoms with Crippen molar-refractivity contribution in [2.24, 2.45) is 0 Å². The summed E-state index contributed by atoms with van der Waals surface area (Å²) in [6.07, 6.45) is 5.09. The monoisotopic (exact) mass is 581 g/mol. The van der Waals surface area contributed by atoms with E-state index in [1.165, 1.54) is 40.1 Å². The summed E-state index contributed by atoms with van der Waals surface area (Å²) in [6, 6.07) is 2.86. The van der Waals surface area contributed by atoms with Crippen LogP contribution in [0, 0.1) is 0 Å². The first-order chi connectivity index (χ1) is 19.3. The van der Waals surface area contributed by atoms with Crippen LogP contribution in [0.25, 0.3) is 11.7 Å². The number of piperidine rings is 1. The molecular formula is C28H35N7O5S. The van der Waals surface area contributed by atoms with Crippen LogP contribution in [0.15, 0.2) is 34.6 Å². The molecule has 0 aromatic carbocycles. The number of hydrogen-bond donors (Lipinski definition) is 3. The number of carbonyl (C=O) groups excluding carboxylic acids is 2. The fourth-order valence-electron chi connectivity index (χ4n) is 4.52. The molecule has 1 aliphatic rings. The van der Waals surface area contributed by atoms with Gasteiger partial charge in [-0.2, -0.15) is 0 Å². The number of hydrogen-bond acceptors (Lipinski definition) is 9. The smallest absolute Gasteiger partial charge is 0.328 e. The van der Waals surface area contributed by atoms with Gasteiger partial charge < -0.3 is 20.2 Å². The van der Waals surface area contributed by atoms with E-state index in [2.05, 4.69) is 15.6 Å². The van der Waals surface area contributed by atoms with E-state index < -0.39 is 17.4 Å². The number of rotatable bonds is 8. The maximum Gasteiger partial charge on any atom is 0.328 e. The van der Waals surface area contributed by atoms with Gasteiger partial charge in [-0.05, 0) is 45.1 Å². The maximum atomic E-state index is 13.5. The Balaban J connectivity index is 1.67. The molecule has 1 saturated heterocycles. The zero-order valence-electron chi connectivity index (χ0n) is 23.8. The number of amides is 2. The molecule has 1 fully saturated rings. The van der Waals surface area contributed by atoms with Crippen LogP contribution in [0.5, 0.6) is 0 Å². The van der Waals surface area contributed by atoms with E-state index in [0.717, 1.165) is 24.6 Å². The van der Waals surface area contributed by atoms with Crippen LogP contribution in [-0.2, 0) is 15.0 Å². The molecule has 0 radical (unpaired) electrons. The third-order valence-corrected chi connectivity index (χ3v) is 7.30. The highest BCUT2D eigenvalue weighted by atomic mass is 32.1. The Hall–Kier alpha value is -4.10. The number of aliphatic carboxylic acids is 1. The quantitative estimate of drug-likeness (QED) is 0.341. The third kappa shape index (κ3) is 7.35. The largest absolute Gasteiger partial charge is 0.478 e. The molecular weight excluding hydrogens is 546 g/mol. The molecule has 1 aliphatic heterocycles. The second-order valence-electron chi connectivity index (χ2n) is 11.3. The van der Waals surface area contributed by atoms with Crippen LogP contribution in [0.2, 0.25) is 0 Å². The summed E-state index contributed by atoms with van der Waals surface area (Å²) in [5.41, 5.74) is 0.881. The number of aromatic nitrogens is 3. The van der Waals surface area contributed by atoms with Crippen LogP contribution in [0.4, 0.5) is 10.9 Å². The minimum absolute atomic E-state index is 0.107. The summed E-state index contributed by atoms with van der Waals surface area (Å²) in [7, 11) is 3.63. The number of carboxylic acid groups (broad SMARTS) is 1. The summed E-state index contributed by atoms with van der Waals surface area (Å²) in [4.78, 5) is 63.1. The van der Waals surface area contributed by atoms with Crippen molar-refractivity contribution < 1.29 is 19.5 Å². The summed E-state index contributed by atoms with van der Waals surface area (Å²) >= 11 is 1.34. The van der Waals surface area contributed by atoms with E-state index in [9.17, 15) is 24.3 Å². The van der Waals surface area contributed by atoms with Gasteiger partial charge >= 0.3 is 5.97 Å². The molecule has 3 aromatic rings. The number of nitrogens with zero attached hydrogens (tertiary/aromatic N) is 5. The van der Waals surface area contributed by atoms with Gasteiger partial charge in [0, 0.05) is 47.8 Å². The molecule has 0 saturated carbocycles. The number of thiazole rings is 1. The molecule has 0 bridgehead atoms. The van der Waals surface area contributed by atoms with Gasteiger partial charge in [0.05, 0.1) is 17.8 Å². The Morgan fingerprint density at radius 2 is 2.00 bits per heavy atom. The van der Waals surface area contributed by atoms with Crippen molar-refractivity contribution >= 4 is 51.8 Å². The Kier molecular flexibility index (Phi) is 8.88. The predicted molar refractivity (Wildman–Crippen MR) is 159 cm³/mol. The van der Waals surface area contributed by atoms with Crippen molar-refractivity contribution in [3.8, 4) is 0 Å². The third-order valence-electron chi connectivity index (χ3n) is 6.54. The summed E-state index contributed by atoms with van der Waals surface area (Å²) in [6.45, 7) is 7.34. The lowest BCUT2D eigenvalue weighted by molar-refractivity contribution is -0.131. The normalized spacial score (nSPS) is 16.0. The average molecular weight is 582 g/mol. The first-order valence-corrected chi connectivity index (χ1v) is 14.1. The highest BCUT2D eigenvalue weighted by molar-refractivity contribution is 7.14. The lowest BCUT2D eigenvalue weighted by Gasteiger charge is -2.35. The summed E-state index contributed by atoms with van der Waals surface area (Å²) < 4.78 is 1.28. The molecule has 1 atom stereocenters. The predicted octanol–water partition coefficient (Wildman–Crippen LogP) is 2.45. The molecule has 13 heteroatoms. The number of anilines is 2. The van der Waals surface area contributed by atoms with Crippen LogP contribution < -0.4 is 21.1 Å². The average Bonchev–Trinajstić information content (AvgIpc) is 3.36. The molecule has 0 aliphatic carbocycles. The van der Waals surface area contributed by atoms with Crippen molar-refractivity contribution in [3.05, 3.63) is 57.0 Å². The SMILES string of the molecule is CN(C)CC(=O)NC1CCCN(c2nc3cc(C(=O)Nc4nc(C(C)(C)C)cs4)ccn3c(=O)c2C=CC(=O)O)C1. The fourth-order valence-corrected chi connectivity index (χ4v) is 5.45. The van der Waals surface area contributed by atoms with E-state index in [-0.39, 0.29) is 40.7 Å². The van der Waals surface area contributed by atoms with Crippen molar-refractivity contribution in [1.82, 2.24) is 24.6 Å². The van der Waals surface area contributed by atoms with Gasteiger partial charge in [0.1, 0.15) is 11.5 Å². The standard InChI is InChI=1S/C28H35N7O5S/c1-28(2,3)20-16-41-27(30-20)32-25(39)17-10-12-35-21(13-17)31-24(19(26(35)40)8-9-23(37)38)34-11-6-7-18(14-34)29-22(36)15-33(4)5/h8-10,12-13,16,18H,6-7,11,14-15H2,1-5H3,(H,29,36)(H,37,38)(H,30,32,39). The number of carbonyl (C=O) groups is 3. The lowest BCUT2D eigenvalue weighted by Crippen LogP contribution is -2.50. The van der Waals surface area contributed by atoms with Gasteiger partial charge in [-0.3, -0.25) is 24.1 Å². The van der Waals surface area contributed by atoms with E-state index in [4.69, 9.17) is 4.98 Å². The van der Waals surface area contributed by atoms with Crippen molar-refractivity contribution in [1.29, 1.82) is 0 Å². The van der Waals surface area contributed by atoms with E-state index >= 15 is 0 Å². The second kappa shape index (κ2) is 12.2. The number of fused-ring (bicyclic) bond motifs is 1. The van der Waals surface area contributed by atoms with Gasteiger partial charge in [-0.1, -0.05) is 20.8 Å². The minimum Gasteiger partial charge on any atom is -0.478 e. The molecule has 3 N–H and O–H groups in total. The summed E-state index contributed by atoms with van der Waals surface area (Å²) in [5.74, 6) is -1.40. The van der Waals surface area contributed by atoms with E-state index in [0.29, 0.717) is 24.0 Å². The van der Waals surface area contributed by atoms with Gasteiger partial charge in [0.15, 0.2) is 5.13 Å². The van der Waals surface area contributed by atoms with Crippen molar-refractivity contribution in [2.75, 3.05) is 43.9 Å². The molecule has 0 spiro atoms. The summed E-state index contributed by atoms with van der Waals surface area (Å²) in [5, 5.41) is 17.4. The molecule has 4 rings (SSSR count). The van der Waals surface area contributed by atoms with Crippen molar-refractivity contribution in [2.45, 2.75) is 45.1 Å². The van der Waals surface area contributed by atoms with Crippen LogP contribution in [-0.4, -0.2) is 81.9 Å². The zero-order chi connectivity index (χ0) is 29.9.